The third kappa shape index (κ3) is 4.49. The maximum absolute atomic E-state index is 11.4. The highest BCUT2D eigenvalue weighted by Gasteiger charge is 2.23. The second-order valence-electron chi connectivity index (χ2n) is 4.59. The molecule has 1 saturated carbocycles. The van der Waals surface area contributed by atoms with Crippen molar-refractivity contribution in [3.05, 3.63) is 0 Å². The normalized spacial score (nSPS) is 25.4. The summed E-state index contributed by atoms with van der Waals surface area (Å²) in [6.45, 7) is 2.03. The molecule has 94 valence electrons. The zero-order valence-electron chi connectivity index (χ0n) is 10.2. The molecular formula is C12H24N2O2. The van der Waals surface area contributed by atoms with Gasteiger partial charge in [-0.05, 0) is 31.2 Å². The second-order valence-corrected chi connectivity index (χ2v) is 4.59. The van der Waals surface area contributed by atoms with Crippen molar-refractivity contribution in [2.75, 3.05) is 26.8 Å². The SMILES string of the molecule is COCCC(=O)NCC1CCCCC1CN. The average Bonchev–Trinajstić information content (AvgIpc) is 2.34. The number of methoxy groups -OCH3 is 1. The number of rotatable bonds is 6. The molecule has 4 nitrogen and oxygen atoms in total. The minimum absolute atomic E-state index is 0.0863. The molecule has 1 rings (SSSR count). The fourth-order valence-electron chi connectivity index (χ4n) is 2.39. The Balaban J connectivity index is 2.21. The molecule has 3 N–H and O–H groups in total. The van der Waals surface area contributed by atoms with E-state index in [1.807, 2.05) is 0 Å². The fourth-order valence-corrected chi connectivity index (χ4v) is 2.39. The van der Waals surface area contributed by atoms with Gasteiger partial charge in [-0.15, -0.1) is 0 Å². The molecule has 2 unspecified atom stereocenters. The van der Waals surface area contributed by atoms with E-state index in [0.717, 1.165) is 13.1 Å². The van der Waals surface area contributed by atoms with Gasteiger partial charge in [-0.1, -0.05) is 12.8 Å². The van der Waals surface area contributed by atoms with Crippen LogP contribution in [0, 0.1) is 11.8 Å². The third-order valence-electron chi connectivity index (χ3n) is 3.46. The van der Waals surface area contributed by atoms with Crippen LogP contribution in [0.3, 0.4) is 0 Å². The molecule has 4 heteroatoms. The molecule has 16 heavy (non-hydrogen) atoms. The average molecular weight is 228 g/mol. The smallest absolute Gasteiger partial charge is 0.222 e. The number of amides is 1. The van der Waals surface area contributed by atoms with Crippen LogP contribution in [-0.4, -0.2) is 32.7 Å². The predicted molar refractivity (Wildman–Crippen MR) is 64.0 cm³/mol. The van der Waals surface area contributed by atoms with E-state index in [4.69, 9.17) is 10.5 Å². The number of carbonyl (C=O) groups is 1. The Kier molecular flexibility index (Phi) is 6.42. The maximum Gasteiger partial charge on any atom is 0.222 e. The molecule has 1 fully saturated rings. The van der Waals surface area contributed by atoms with E-state index in [-0.39, 0.29) is 5.91 Å². The molecule has 0 spiro atoms. The van der Waals surface area contributed by atoms with Gasteiger partial charge in [0.15, 0.2) is 0 Å². The lowest BCUT2D eigenvalue weighted by atomic mass is 9.79. The molecule has 2 atom stereocenters. The van der Waals surface area contributed by atoms with Crippen LogP contribution in [0.4, 0.5) is 0 Å². The van der Waals surface area contributed by atoms with Crippen molar-refractivity contribution in [3.8, 4) is 0 Å². The van der Waals surface area contributed by atoms with Crippen molar-refractivity contribution < 1.29 is 9.53 Å². The quantitative estimate of drug-likeness (QED) is 0.710. The van der Waals surface area contributed by atoms with Gasteiger partial charge in [0.2, 0.25) is 5.91 Å². The van der Waals surface area contributed by atoms with Crippen molar-refractivity contribution in [1.29, 1.82) is 0 Å². The van der Waals surface area contributed by atoms with Crippen LogP contribution in [0.5, 0.6) is 0 Å². The minimum Gasteiger partial charge on any atom is -0.384 e. The molecule has 0 radical (unpaired) electrons. The Morgan fingerprint density at radius 2 is 2.06 bits per heavy atom. The van der Waals surface area contributed by atoms with E-state index < -0.39 is 0 Å². The molecular weight excluding hydrogens is 204 g/mol. The van der Waals surface area contributed by atoms with E-state index in [1.165, 1.54) is 25.7 Å². The summed E-state index contributed by atoms with van der Waals surface area (Å²) in [6, 6.07) is 0. The Morgan fingerprint density at radius 1 is 1.38 bits per heavy atom. The highest BCUT2D eigenvalue weighted by Crippen LogP contribution is 2.28. The zero-order chi connectivity index (χ0) is 11.8. The first-order valence-corrected chi connectivity index (χ1v) is 6.23. The Bertz CT molecular complexity index is 209. The standard InChI is InChI=1S/C12H24N2O2/c1-16-7-6-12(15)14-9-11-5-3-2-4-10(11)8-13/h10-11H,2-9,13H2,1H3,(H,14,15). The molecule has 0 aromatic carbocycles. The summed E-state index contributed by atoms with van der Waals surface area (Å²) in [5.74, 6) is 1.25. The van der Waals surface area contributed by atoms with Crippen LogP contribution >= 0.6 is 0 Å². The number of carbonyl (C=O) groups excluding carboxylic acids is 1. The number of hydrogen-bond acceptors (Lipinski definition) is 3. The number of nitrogens with two attached hydrogens (primary N) is 1. The van der Waals surface area contributed by atoms with Crippen LogP contribution in [0.2, 0.25) is 0 Å². The summed E-state index contributed by atoms with van der Waals surface area (Å²) in [4.78, 5) is 11.4. The van der Waals surface area contributed by atoms with Gasteiger partial charge in [0, 0.05) is 20.1 Å². The predicted octanol–water partition coefficient (Wildman–Crippen LogP) is 0.904. The highest BCUT2D eigenvalue weighted by atomic mass is 16.5. The monoisotopic (exact) mass is 228 g/mol. The van der Waals surface area contributed by atoms with Crippen molar-refractivity contribution in [2.24, 2.45) is 17.6 Å². The summed E-state index contributed by atoms with van der Waals surface area (Å²) in [5.41, 5.74) is 5.75. The van der Waals surface area contributed by atoms with Gasteiger partial charge in [-0.3, -0.25) is 4.79 Å². The summed E-state index contributed by atoms with van der Waals surface area (Å²) >= 11 is 0. The molecule has 0 saturated heterocycles. The van der Waals surface area contributed by atoms with E-state index in [9.17, 15) is 4.79 Å². The third-order valence-corrected chi connectivity index (χ3v) is 3.46. The first-order chi connectivity index (χ1) is 7.77. The minimum atomic E-state index is 0.0863. The Morgan fingerprint density at radius 3 is 2.69 bits per heavy atom. The Hall–Kier alpha value is -0.610. The second kappa shape index (κ2) is 7.63. The highest BCUT2D eigenvalue weighted by molar-refractivity contribution is 5.75. The number of nitrogens with one attached hydrogen (secondary N) is 1. The summed E-state index contributed by atoms with van der Waals surface area (Å²) in [5, 5.41) is 2.98. The van der Waals surface area contributed by atoms with Gasteiger partial charge < -0.3 is 15.8 Å². The van der Waals surface area contributed by atoms with Gasteiger partial charge in [0.05, 0.1) is 6.61 Å². The lowest BCUT2D eigenvalue weighted by Gasteiger charge is -2.30. The van der Waals surface area contributed by atoms with Crippen molar-refractivity contribution in [2.45, 2.75) is 32.1 Å². The largest absolute Gasteiger partial charge is 0.384 e. The van der Waals surface area contributed by atoms with Crippen LogP contribution in [0.25, 0.3) is 0 Å². The summed E-state index contributed by atoms with van der Waals surface area (Å²) in [6.07, 6.45) is 5.43. The van der Waals surface area contributed by atoms with Gasteiger partial charge in [0.25, 0.3) is 0 Å². The van der Waals surface area contributed by atoms with E-state index in [1.54, 1.807) is 7.11 Å². The topological polar surface area (TPSA) is 64.3 Å². The van der Waals surface area contributed by atoms with Crippen LogP contribution in [-0.2, 0) is 9.53 Å². The molecule has 0 bridgehead atoms. The van der Waals surface area contributed by atoms with Crippen molar-refractivity contribution in [1.82, 2.24) is 5.32 Å². The fraction of sp³-hybridized carbons (Fsp3) is 0.917. The molecule has 0 heterocycles. The lowest BCUT2D eigenvalue weighted by molar-refractivity contribution is -0.122. The van der Waals surface area contributed by atoms with Crippen molar-refractivity contribution in [3.63, 3.8) is 0 Å². The van der Waals surface area contributed by atoms with Gasteiger partial charge in [-0.25, -0.2) is 0 Å². The Labute approximate surface area is 97.9 Å². The first-order valence-electron chi connectivity index (χ1n) is 6.23. The number of ether oxygens (including phenoxy) is 1. The lowest BCUT2D eigenvalue weighted by Crippen LogP contribution is -2.37. The molecule has 0 aliphatic heterocycles. The molecule has 1 aliphatic rings. The van der Waals surface area contributed by atoms with E-state index in [0.29, 0.717) is 24.9 Å². The van der Waals surface area contributed by atoms with Crippen LogP contribution in [0.1, 0.15) is 32.1 Å². The summed E-state index contributed by atoms with van der Waals surface area (Å²) < 4.78 is 4.87. The zero-order valence-corrected chi connectivity index (χ0v) is 10.2. The van der Waals surface area contributed by atoms with Crippen LogP contribution < -0.4 is 11.1 Å². The van der Waals surface area contributed by atoms with Crippen LogP contribution in [0.15, 0.2) is 0 Å². The molecule has 0 aromatic heterocycles. The van der Waals surface area contributed by atoms with Gasteiger partial charge in [-0.2, -0.15) is 0 Å². The maximum atomic E-state index is 11.4. The van der Waals surface area contributed by atoms with Gasteiger partial charge >= 0.3 is 0 Å². The number of hydrogen-bond donors (Lipinski definition) is 2. The van der Waals surface area contributed by atoms with E-state index >= 15 is 0 Å². The van der Waals surface area contributed by atoms with E-state index in [2.05, 4.69) is 5.32 Å². The molecule has 0 aromatic rings. The molecule has 1 amide bonds. The molecule has 1 aliphatic carbocycles. The van der Waals surface area contributed by atoms with Crippen molar-refractivity contribution >= 4 is 5.91 Å². The first kappa shape index (κ1) is 13.5. The summed E-state index contributed by atoms with van der Waals surface area (Å²) in [7, 11) is 1.61. The van der Waals surface area contributed by atoms with Gasteiger partial charge in [0.1, 0.15) is 0 Å².